The smallest absolute Gasteiger partial charge is 0.390 e. The van der Waals surface area contributed by atoms with Gasteiger partial charge in [-0.3, -0.25) is 13.8 Å². The summed E-state index contributed by atoms with van der Waals surface area (Å²) in [6.07, 6.45) is 64.8. The lowest BCUT2D eigenvalue weighted by atomic mass is 9.99. The van der Waals surface area contributed by atoms with Crippen molar-refractivity contribution < 1.29 is 38.0 Å². The fourth-order valence-electron chi connectivity index (χ4n) is 10.0. The van der Waals surface area contributed by atoms with Gasteiger partial charge in [-0.2, -0.15) is 0 Å². The maximum Gasteiger partial charge on any atom is 0.472 e. The lowest BCUT2D eigenvalue weighted by Crippen LogP contribution is -2.51. The first-order valence-electron chi connectivity index (χ1n) is 32.1. The van der Waals surface area contributed by atoms with Gasteiger partial charge in [-0.15, -0.1) is 0 Å². The maximum absolute atomic E-state index is 13.0. The minimum atomic E-state index is -4.42. The zero-order chi connectivity index (χ0) is 53.6. The maximum atomic E-state index is 13.0. The molecule has 0 saturated carbocycles. The van der Waals surface area contributed by atoms with Crippen LogP contribution in [0, 0.1) is 0 Å². The van der Waals surface area contributed by atoms with Gasteiger partial charge in [0.1, 0.15) is 19.3 Å². The second-order valence-corrected chi connectivity index (χ2v) is 25.1. The van der Waals surface area contributed by atoms with E-state index in [0.717, 1.165) is 38.5 Å². The standard InChI is InChI=1S/C63H127N2O7P/c1-6-8-10-12-14-16-18-20-21-22-23-24-25-26-27-28-29-30-31-32-33-34-35-36-37-38-39-40-41-42-43-44-46-48-50-52-54-56-62(67)64-60(59-72-73(69,70)71-58-57-65(3,4)5)63(68)61(66)55-53-51-49-47-45-19-17-15-13-11-9-7-2/h22-23,60-61,63,66,68H,6-21,24-59H2,1-5H3,(H-,64,67,69,70)/p+1/b23-22-. The van der Waals surface area contributed by atoms with Crippen LogP contribution in [0.4, 0.5) is 0 Å². The number of likely N-dealkylation sites (N-methyl/N-ethyl adjacent to an activating group) is 1. The first-order valence-corrected chi connectivity index (χ1v) is 33.6. The largest absolute Gasteiger partial charge is 0.472 e. The fraction of sp³-hybridized carbons (Fsp3) is 0.952. The van der Waals surface area contributed by atoms with Gasteiger partial charge in [-0.25, -0.2) is 4.57 Å². The summed E-state index contributed by atoms with van der Waals surface area (Å²) in [4.78, 5) is 23.3. The third-order valence-corrected chi connectivity index (χ3v) is 16.1. The third kappa shape index (κ3) is 55.8. The van der Waals surface area contributed by atoms with Crippen LogP contribution >= 0.6 is 7.82 Å². The number of phosphoric acid groups is 1. The van der Waals surface area contributed by atoms with E-state index in [4.69, 9.17) is 9.05 Å². The molecule has 0 fully saturated rings. The number of unbranched alkanes of at least 4 members (excludes halogenated alkanes) is 44. The number of quaternary nitrogens is 1. The van der Waals surface area contributed by atoms with Gasteiger partial charge < -0.3 is 24.9 Å². The van der Waals surface area contributed by atoms with Gasteiger partial charge in [0, 0.05) is 6.42 Å². The molecule has 0 aromatic rings. The Hall–Kier alpha value is -0.800. The normalized spacial score (nSPS) is 14.2. The van der Waals surface area contributed by atoms with Crippen molar-refractivity contribution in [3.63, 3.8) is 0 Å². The third-order valence-electron chi connectivity index (χ3n) is 15.1. The Balaban J connectivity index is 3.92. The zero-order valence-corrected chi connectivity index (χ0v) is 50.4. The predicted octanol–water partition coefficient (Wildman–Crippen LogP) is 18.7. The van der Waals surface area contributed by atoms with E-state index in [0.29, 0.717) is 23.9 Å². The Bertz CT molecular complexity index is 1210. The molecule has 1 amide bonds. The monoisotopic (exact) mass is 1060 g/mol. The topological polar surface area (TPSA) is 125 Å². The van der Waals surface area contributed by atoms with Gasteiger partial charge in [0.15, 0.2) is 0 Å². The average molecular weight is 1060 g/mol. The minimum absolute atomic E-state index is 0.0253. The number of carbonyl (C=O) groups is 1. The summed E-state index contributed by atoms with van der Waals surface area (Å²) in [7, 11) is 1.45. The molecule has 0 aliphatic carbocycles. The van der Waals surface area contributed by atoms with E-state index < -0.39 is 32.7 Å². The molecular formula is C63H128N2O7P+. The molecule has 0 saturated heterocycles. The first-order chi connectivity index (χ1) is 35.4. The van der Waals surface area contributed by atoms with Crippen molar-refractivity contribution in [3.05, 3.63) is 12.2 Å². The molecule has 0 aliphatic heterocycles. The fourth-order valence-corrected chi connectivity index (χ4v) is 10.8. The van der Waals surface area contributed by atoms with Crippen LogP contribution in [0.25, 0.3) is 0 Å². The molecule has 10 heteroatoms. The lowest BCUT2D eigenvalue weighted by molar-refractivity contribution is -0.870. The second kappa shape index (κ2) is 54.6. The van der Waals surface area contributed by atoms with Gasteiger partial charge in [-0.05, 0) is 38.5 Å². The summed E-state index contributed by atoms with van der Waals surface area (Å²) in [6, 6.07) is -1.03. The van der Waals surface area contributed by atoms with Crippen LogP contribution in [-0.2, 0) is 18.4 Å². The molecule has 4 atom stereocenters. The molecule has 0 aromatic carbocycles. The number of hydrogen-bond donors (Lipinski definition) is 4. The van der Waals surface area contributed by atoms with Crippen molar-refractivity contribution in [2.75, 3.05) is 40.9 Å². The van der Waals surface area contributed by atoms with E-state index in [1.807, 2.05) is 21.1 Å². The Morgan fingerprint density at radius 2 is 0.767 bits per heavy atom. The molecule has 0 bridgehead atoms. The molecule has 436 valence electrons. The van der Waals surface area contributed by atoms with Gasteiger partial charge >= 0.3 is 7.82 Å². The quantitative estimate of drug-likeness (QED) is 0.0207. The highest BCUT2D eigenvalue weighted by molar-refractivity contribution is 7.47. The number of carbonyl (C=O) groups excluding carboxylic acids is 1. The van der Waals surface area contributed by atoms with Crippen LogP contribution in [0.5, 0.6) is 0 Å². The van der Waals surface area contributed by atoms with Gasteiger partial charge in [0.05, 0.1) is 39.9 Å². The summed E-state index contributed by atoms with van der Waals surface area (Å²) in [5, 5.41) is 24.8. The highest BCUT2D eigenvalue weighted by Gasteiger charge is 2.32. The van der Waals surface area contributed by atoms with Crippen molar-refractivity contribution >= 4 is 13.7 Å². The van der Waals surface area contributed by atoms with E-state index in [2.05, 4.69) is 31.3 Å². The molecule has 0 aliphatic rings. The van der Waals surface area contributed by atoms with Crippen molar-refractivity contribution in [2.45, 2.75) is 347 Å². The van der Waals surface area contributed by atoms with Gasteiger partial charge in [0.25, 0.3) is 0 Å². The Labute approximate surface area is 455 Å². The summed E-state index contributed by atoms with van der Waals surface area (Å²) < 4.78 is 23.7. The SMILES string of the molecule is CCCCCCCCCC/C=C\CCCCCCCCCCCCCCCCCCCCCCCCCCCC(=O)NC(COP(=O)(O)OCC[N+](C)(C)C)C(O)C(O)CCCCCCCCCCCCCC. The van der Waals surface area contributed by atoms with E-state index in [1.165, 1.54) is 263 Å². The van der Waals surface area contributed by atoms with Crippen molar-refractivity contribution in [3.8, 4) is 0 Å². The van der Waals surface area contributed by atoms with Crippen molar-refractivity contribution in [2.24, 2.45) is 0 Å². The molecule has 4 N–H and O–H groups in total. The van der Waals surface area contributed by atoms with Crippen LogP contribution in [0.2, 0.25) is 0 Å². The van der Waals surface area contributed by atoms with Crippen molar-refractivity contribution in [1.82, 2.24) is 5.32 Å². The van der Waals surface area contributed by atoms with Gasteiger partial charge in [-0.1, -0.05) is 296 Å². The number of aliphatic hydroxyl groups is 2. The van der Waals surface area contributed by atoms with Crippen LogP contribution in [-0.4, -0.2) is 84.6 Å². The molecule has 0 rings (SSSR count). The van der Waals surface area contributed by atoms with Gasteiger partial charge in [0.2, 0.25) is 5.91 Å². The molecule has 0 spiro atoms. The Kier molecular flexibility index (Phi) is 54.0. The molecule has 0 radical (unpaired) electrons. The lowest BCUT2D eigenvalue weighted by Gasteiger charge is -2.28. The van der Waals surface area contributed by atoms with Crippen LogP contribution in [0.1, 0.15) is 328 Å². The summed E-state index contributed by atoms with van der Waals surface area (Å²) in [6.45, 7) is 4.65. The average Bonchev–Trinajstić information content (AvgIpc) is 3.35. The minimum Gasteiger partial charge on any atom is -0.390 e. The molecule has 0 heterocycles. The highest BCUT2D eigenvalue weighted by Crippen LogP contribution is 2.43. The number of nitrogens with zero attached hydrogens (tertiary/aromatic N) is 1. The molecule has 9 nitrogen and oxygen atoms in total. The molecule has 4 unspecified atom stereocenters. The van der Waals surface area contributed by atoms with Crippen LogP contribution in [0.3, 0.4) is 0 Å². The molecular weight excluding hydrogens is 928 g/mol. The van der Waals surface area contributed by atoms with E-state index >= 15 is 0 Å². The van der Waals surface area contributed by atoms with E-state index in [9.17, 15) is 24.5 Å². The Morgan fingerprint density at radius 1 is 0.466 bits per heavy atom. The summed E-state index contributed by atoms with van der Waals surface area (Å²) in [5.74, 6) is -0.251. The Morgan fingerprint density at radius 3 is 1.10 bits per heavy atom. The number of rotatable bonds is 60. The first kappa shape index (κ1) is 72.2. The molecule has 73 heavy (non-hydrogen) atoms. The number of allylic oxidation sites excluding steroid dienone is 2. The van der Waals surface area contributed by atoms with Crippen molar-refractivity contribution in [1.29, 1.82) is 0 Å². The number of nitrogens with one attached hydrogen (secondary N) is 1. The van der Waals surface area contributed by atoms with Crippen LogP contribution < -0.4 is 5.32 Å². The number of amides is 1. The predicted molar refractivity (Wildman–Crippen MR) is 315 cm³/mol. The number of aliphatic hydroxyl groups excluding tert-OH is 2. The highest BCUT2D eigenvalue weighted by atomic mass is 31.2. The molecule has 0 aromatic heterocycles. The zero-order valence-electron chi connectivity index (χ0n) is 49.5. The number of phosphoric ester groups is 1. The van der Waals surface area contributed by atoms with E-state index in [-0.39, 0.29) is 12.5 Å². The second-order valence-electron chi connectivity index (χ2n) is 23.6. The van der Waals surface area contributed by atoms with E-state index in [1.54, 1.807) is 0 Å². The van der Waals surface area contributed by atoms with Crippen LogP contribution in [0.15, 0.2) is 12.2 Å². The summed E-state index contributed by atoms with van der Waals surface area (Å²) in [5.41, 5.74) is 0. The summed E-state index contributed by atoms with van der Waals surface area (Å²) >= 11 is 0. The number of hydrogen-bond acceptors (Lipinski definition) is 6.